The number of aromatic nitrogens is 2. The Morgan fingerprint density at radius 2 is 1.81 bits per heavy atom. The van der Waals surface area contributed by atoms with Gasteiger partial charge in [-0.1, -0.05) is 42.5 Å². The van der Waals surface area contributed by atoms with Gasteiger partial charge in [0.1, 0.15) is 11.4 Å². The molecule has 6 heteroatoms. The number of anilines is 2. The van der Waals surface area contributed by atoms with E-state index in [0.717, 1.165) is 6.42 Å². The molecule has 3 rings (SSSR count). The summed E-state index contributed by atoms with van der Waals surface area (Å²) in [7, 11) is 0. The van der Waals surface area contributed by atoms with Crippen molar-refractivity contribution in [3.05, 3.63) is 78.1 Å². The minimum Gasteiger partial charge on any atom is -0.492 e. The highest BCUT2D eigenvalue weighted by Gasteiger charge is 2.12. The van der Waals surface area contributed by atoms with Crippen molar-refractivity contribution in [2.24, 2.45) is 0 Å². The van der Waals surface area contributed by atoms with Crippen LogP contribution in [0.1, 0.15) is 23.0 Å². The highest BCUT2D eigenvalue weighted by atomic mass is 16.5. The number of hydrogen-bond donors (Lipinski definition) is 2. The number of nitrogens with one attached hydrogen (secondary N) is 2. The van der Waals surface area contributed by atoms with E-state index in [1.165, 1.54) is 5.56 Å². The van der Waals surface area contributed by atoms with Gasteiger partial charge in [-0.2, -0.15) is 0 Å². The third-order valence-electron chi connectivity index (χ3n) is 3.86. The van der Waals surface area contributed by atoms with E-state index in [1.54, 1.807) is 18.3 Å². The van der Waals surface area contributed by atoms with Crippen molar-refractivity contribution in [3.8, 4) is 5.75 Å². The molecule has 0 bridgehead atoms. The average Bonchev–Trinajstić information content (AvgIpc) is 2.71. The molecule has 0 saturated carbocycles. The van der Waals surface area contributed by atoms with E-state index in [4.69, 9.17) is 4.74 Å². The number of nitrogens with zero attached hydrogens (tertiary/aromatic N) is 2. The first-order valence-electron chi connectivity index (χ1n) is 8.90. The normalized spacial score (nSPS) is 10.3. The largest absolute Gasteiger partial charge is 0.492 e. The van der Waals surface area contributed by atoms with Crippen LogP contribution in [0.25, 0.3) is 0 Å². The zero-order chi connectivity index (χ0) is 18.9. The van der Waals surface area contributed by atoms with E-state index in [9.17, 15) is 4.79 Å². The number of amides is 1. The van der Waals surface area contributed by atoms with Crippen molar-refractivity contribution in [1.82, 2.24) is 9.97 Å². The van der Waals surface area contributed by atoms with E-state index in [2.05, 4.69) is 32.7 Å². The lowest BCUT2D eigenvalue weighted by molar-refractivity contribution is 0.102. The molecular formula is C21H22N4O2. The first-order valence-corrected chi connectivity index (χ1v) is 8.90. The number of benzene rings is 2. The number of para-hydroxylation sites is 2. The smallest absolute Gasteiger partial charge is 0.274 e. The van der Waals surface area contributed by atoms with Gasteiger partial charge in [0.15, 0.2) is 0 Å². The second-order valence-electron chi connectivity index (χ2n) is 5.81. The average molecular weight is 362 g/mol. The fourth-order valence-electron chi connectivity index (χ4n) is 2.57. The standard InChI is InChI=1S/C21H22N4O2/c1-2-27-19-11-7-6-10-17(19)24-20(26)18-13-15-23-21(25-18)22-14-12-16-8-4-3-5-9-16/h3-11,13,15H,2,12,14H2,1H3,(H,24,26)(H,22,23,25). The summed E-state index contributed by atoms with van der Waals surface area (Å²) in [6.45, 7) is 3.11. The lowest BCUT2D eigenvalue weighted by Crippen LogP contribution is -2.16. The van der Waals surface area contributed by atoms with Gasteiger partial charge in [0.05, 0.1) is 12.3 Å². The monoisotopic (exact) mass is 362 g/mol. The molecule has 0 radical (unpaired) electrons. The van der Waals surface area contributed by atoms with Crippen LogP contribution in [-0.2, 0) is 6.42 Å². The first kappa shape index (κ1) is 18.4. The lowest BCUT2D eigenvalue weighted by atomic mass is 10.1. The predicted octanol–water partition coefficient (Wildman–Crippen LogP) is 3.78. The zero-order valence-corrected chi connectivity index (χ0v) is 15.2. The Kier molecular flexibility index (Phi) is 6.35. The van der Waals surface area contributed by atoms with Crippen molar-refractivity contribution in [3.63, 3.8) is 0 Å². The van der Waals surface area contributed by atoms with Crippen LogP contribution in [0.15, 0.2) is 66.9 Å². The van der Waals surface area contributed by atoms with Gasteiger partial charge >= 0.3 is 0 Å². The SMILES string of the molecule is CCOc1ccccc1NC(=O)c1ccnc(NCCc2ccccc2)n1. The van der Waals surface area contributed by atoms with Gasteiger partial charge < -0.3 is 15.4 Å². The van der Waals surface area contributed by atoms with Gasteiger partial charge in [-0.3, -0.25) is 4.79 Å². The fourth-order valence-corrected chi connectivity index (χ4v) is 2.57. The molecule has 0 spiro atoms. The van der Waals surface area contributed by atoms with E-state index in [-0.39, 0.29) is 5.91 Å². The molecule has 6 nitrogen and oxygen atoms in total. The molecule has 0 unspecified atom stereocenters. The Morgan fingerprint density at radius 3 is 2.63 bits per heavy atom. The second kappa shape index (κ2) is 9.33. The molecule has 3 aromatic rings. The van der Waals surface area contributed by atoms with Gasteiger partial charge in [-0.25, -0.2) is 9.97 Å². The van der Waals surface area contributed by atoms with Gasteiger partial charge in [-0.05, 0) is 37.1 Å². The van der Waals surface area contributed by atoms with Crippen LogP contribution in [0, 0.1) is 0 Å². The Balaban J connectivity index is 1.62. The van der Waals surface area contributed by atoms with Gasteiger partial charge in [0.2, 0.25) is 5.95 Å². The second-order valence-corrected chi connectivity index (χ2v) is 5.81. The fraction of sp³-hybridized carbons (Fsp3) is 0.190. The van der Waals surface area contributed by atoms with E-state index >= 15 is 0 Å². The van der Waals surface area contributed by atoms with Crippen LogP contribution in [0.5, 0.6) is 5.75 Å². The number of rotatable bonds is 8. The highest BCUT2D eigenvalue weighted by Crippen LogP contribution is 2.24. The Bertz CT molecular complexity index is 884. The maximum atomic E-state index is 12.5. The Morgan fingerprint density at radius 1 is 1.04 bits per heavy atom. The Labute approximate surface area is 158 Å². The summed E-state index contributed by atoms with van der Waals surface area (Å²) in [4.78, 5) is 21.0. The minimum absolute atomic E-state index is 0.290. The maximum absolute atomic E-state index is 12.5. The van der Waals surface area contributed by atoms with Crippen LogP contribution < -0.4 is 15.4 Å². The molecule has 0 aliphatic rings. The summed E-state index contributed by atoms with van der Waals surface area (Å²) < 4.78 is 5.53. The summed E-state index contributed by atoms with van der Waals surface area (Å²) in [6.07, 6.45) is 2.42. The molecule has 1 aromatic heterocycles. The van der Waals surface area contributed by atoms with Crippen molar-refractivity contribution in [2.45, 2.75) is 13.3 Å². The molecule has 138 valence electrons. The summed E-state index contributed by atoms with van der Waals surface area (Å²) in [5.74, 6) is 0.746. The van der Waals surface area contributed by atoms with Gasteiger partial charge in [0, 0.05) is 12.7 Å². The number of ether oxygens (including phenoxy) is 1. The lowest BCUT2D eigenvalue weighted by Gasteiger charge is -2.11. The summed E-state index contributed by atoms with van der Waals surface area (Å²) in [6, 6.07) is 19.1. The zero-order valence-electron chi connectivity index (χ0n) is 15.2. The molecule has 1 amide bonds. The molecule has 2 aromatic carbocycles. The van der Waals surface area contributed by atoms with E-state index in [1.807, 2.05) is 43.3 Å². The van der Waals surface area contributed by atoms with E-state index < -0.39 is 0 Å². The van der Waals surface area contributed by atoms with Crippen LogP contribution >= 0.6 is 0 Å². The molecular weight excluding hydrogens is 340 g/mol. The van der Waals surface area contributed by atoms with Crippen LogP contribution in [0.3, 0.4) is 0 Å². The molecule has 1 heterocycles. The predicted molar refractivity (Wildman–Crippen MR) is 106 cm³/mol. The van der Waals surface area contributed by atoms with Crippen molar-refractivity contribution < 1.29 is 9.53 Å². The third-order valence-corrected chi connectivity index (χ3v) is 3.86. The van der Waals surface area contributed by atoms with Crippen molar-refractivity contribution >= 4 is 17.5 Å². The van der Waals surface area contributed by atoms with Crippen molar-refractivity contribution in [2.75, 3.05) is 23.8 Å². The summed E-state index contributed by atoms with van der Waals surface area (Å²) in [5, 5.41) is 6.00. The molecule has 2 N–H and O–H groups in total. The molecule has 0 aliphatic heterocycles. The van der Waals surface area contributed by atoms with E-state index in [0.29, 0.717) is 36.2 Å². The number of hydrogen-bond acceptors (Lipinski definition) is 5. The molecule has 0 saturated heterocycles. The maximum Gasteiger partial charge on any atom is 0.274 e. The Hall–Kier alpha value is -3.41. The third kappa shape index (κ3) is 5.28. The van der Waals surface area contributed by atoms with Crippen LogP contribution in [-0.4, -0.2) is 29.0 Å². The number of carbonyl (C=O) groups excluding carboxylic acids is 1. The molecule has 0 atom stereocenters. The van der Waals surface area contributed by atoms with Gasteiger partial charge in [-0.15, -0.1) is 0 Å². The molecule has 0 aliphatic carbocycles. The summed E-state index contributed by atoms with van der Waals surface area (Å²) in [5.41, 5.74) is 2.13. The highest BCUT2D eigenvalue weighted by molar-refractivity contribution is 6.03. The molecule has 27 heavy (non-hydrogen) atoms. The topological polar surface area (TPSA) is 76.1 Å². The minimum atomic E-state index is -0.310. The quantitative estimate of drug-likeness (QED) is 0.638. The van der Waals surface area contributed by atoms with Crippen LogP contribution in [0.4, 0.5) is 11.6 Å². The molecule has 0 fully saturated rings. The summed E-state index contributed by atoms with van der Waals surface area (Å²) >= 11 is 0. The van der Waals surface area contributed by atoms with Crippen molar-refractivity contribution in [1.29, 1.82) is 0 Å². The van der Waals surface area contributed by atoms with Crippen LogP contribution in [0.2, 0.25) is 0 Å². The number of carbonyl (C=O) groups is 1. The first-order chi connectivity index (χ1) is 13.3. The van der Waals surface area contributed by atoms with Gasteiger partial charge in [0.25, 0.3) is 5.91 Å².